The van der Waals surface area contributed by atoms with Crippen molar-refractivity contribution in [3.63, 3.8) is 0 Å². The molecule has 0 radical (unpaired) electrons. The Balaban J connectivity index is 1.76. The summed E-state index contributed by atoms with van der Waals surface area (Å²) >= 11 is 0. The number of halogens is 3. The van der Waals surface area contributed by atoms with Gasteiger partial charge >= 0.3 is 12.1 Å². The number of alkyl halides is 3. The Hall–Kier alpha value is -3.55. The second-order valence-corrected chi connectivity index (χ2v) is 6.33. The van der Waals surface area contributed by atoms with Gasteiger partial charge in [-0.05, 0) is 42.8 Å². The monoisotopic (exact) mass is 401 g/mol. The van der Waals surface area contributed by atoms with Gasteiger partial charge < -0.3 is 15.5 Å². The van der Waals surface area contributed by atoms with Gasteiger partial charge in [0, 0.05) is 23.4 Å². The maximum absolute atomic E-state index is 12.7. The fraction of sp³-hybridized carbons (Fsp3) is 0.143. The highest BCUT2D eigenvalue weighted by atomic mass is 19.4. The van der Waals surface area contributed by atoms with Crippen LogP contribution in [0.15, 0.2) is 70.3 Å². The number of benzene rings is 2. The second-order valence-electron chi connectivity index (χ2n) is 6.33. The molecule has 3 aromatic rings. The number of carbonyl (C=O) groups excluding carboxylic acids is 1. The summed E-state index contributed by atoms with van der Waals surface area (Å²) in [7, 11) is 0. The number of rotatable bonds is 5. The van der Waals surface area contributed by atoms with Gasteiger partial charge in [0.1, 0.15) is 5.84 Å². The van der Waals surface area contributed by atoms with Crippen LogP contribution in [0.5, 0.6) is 0 Å². The molecule has 3 N–H and O–H groups in total. The molecule has 29 heavy (non-hydrogen) atoms. The molecule has 150 valence electrons. The summed E-state index contributed by atoms with van der Waals surface area (Å²) in [5, 5.41) is 3.11. The first-order valence-corrected chi connectivity index (χ1v) is 8.67. The van der Waals surface area contributed by atoms with Gasteiger partial charge in [0.05, 0.1) is 11.8 Å². The SMILES string of the molecule is Cc1ccoc1C(=O)N=C(N)c1ccccc1NCc1ccc(C(F)(F)F)cc1. The number of nitrogens with one attached hydrogen (secondary N) is 1. The highest BCUT2D eigenvalue weighted by Gasteiger charge is 2.29. The molecule has 0 bridgehead atoms. The van der Waals surface area contributed by atoms with E-state index < -0.39 is 17.6 Å². The largest absolute Gasteiger partial charge is 0.459 e. The molecule has 0 unspecified atom stereocenters. The van der Waals surface area contributed by atoms with Crippen LogP contribution in [-0.4, -0.2) is 11.7 Å². The zero-order chi connectivity index (χ0) is 21.0. The average Bonchev–Trinajstić information content (AvgIpc) is 3.12. The molecule has 1 amide bonds. The van der Waals surface area contributed by atoms with Gasteiger partial charge in [-0.25, -0.2) is 0 Å². The Morgan fingerprint density at radius 3 is 2.41 bits per heavy atom. The van der Waals surface area contributed by atoms with Crippen molar-refractivity contribution in [2.24, 2.45) is 10.7 Å². The van der Waals surface area contributed by atoms with Gasteiger partial charge in [0.25, 0.3) is 0 Å². The fourth-order valence-electron chi connectivity index (χ4n) is 2.68. The molecule has 8 heteroatoms. The minimum absolute atomic E-state index is 0.00122. The molecule has 5 nitrogen and oxygen atoms in total. The summed E-state index contributed by atoms with van der Waals surface area (Å²) in [6, 6.07) is 13.5. The Kier molecular flexibility index (Phi) is 5.72. The molecule has 0 aliphatic heterocycles. The minimum Gasteiger partial charge on any atom is -0.459 e. The Morgan fingerprint density at radius 1 is 1.10 bits per heavy atom. The molecule has 0 saturated carbocycles. The number of furan rings is 1. The van der Waals surface area contributed by atoms with Crippen LogP contribution in [0, 0.1) is 6.92 Å². The molecule has 0 saturated heterocycles. The minimum atomic E-state index is -4.37. The standard InChI is InChI=1S/C21H18F3N3O2/c1-13-10-11-29-18(13)20(28)27-19(25)16-4-2-3-5-17(16)26-12-14-6-8-15(9-7-14)21(22,23)24/h2-11,26H,12H2,1H3,(H2,25,27,28). The number of nitrogens with two attached hydrogens (primary N) is 1. The van der Waals surface area contributed by atoms with Crippen LogP contribution in [0.1, 0.15) is 32.8 Å². The number of amides is 1. The molecule has 1 aromatic heterocycles. The number of anilines is 1. The van der Waals surface area contributed by atoms with Gasteiger partial charge in [-0.3, -0.25) is 4.79 Å². The highest BCUT2D eigenvalue weighted by molar-refractivity contribution is 6.10. The second kappa shape index (κ2) is 8.22. The molecular weight excluding hydrogens is 383 g/mol. The Bertz CT molecular complexity index is 1040. The van der Waals surface area contributed by atoms with Gasteiger partial charge in [0.15, 0.2) is 5.76 Å². The third kappa shape index (κ3) is 4.84. The van der Waals surface area contributed by atoms with E-state index in [1.165, 1.54) is 18.4 Å². The molecule has 2 aromatic carbocycles. The Labute approximate surface area is 165 Å². The summed E-state index contributed by atoms with van der Waals surface area (Å²) in [6.45, 7) is 2.00. The molecule has 1 heterocycles. The number of hydrogen-bond acceptors (Lipinski definition) is 3. The predicted octanol–water partition coefficient (Wildman–Crippen LogP) is 4.76. The zero-order valence-electron chi connectivity index (χ0n) is 15.5. The fourth-order valence-corrected chi connectivity index (χ4v) is 2.68. The maximum Gasteiger partial charge on any atom is 0.416 e. The van der Waals surface area contributed by atoms with E-state index in [1.54, 1.807) is 37.3 Å². The third-order valence-electron chi connectivity index (χ3n) is 4.25. The van der Waals surface area contributed by atoms with Crippen LogP contribution in [0.25, 0.3) is 0 Å². The van der Waals surface area contributed by atoms with Gasteiger partial charge in [-0.2, -0.15) is 18.2 Å². The zero-order valence-corrected chi connectivity index (χ0v) is 15.5. The van der Waals surface area contributed by atoms with E-state index in [9.17, 15) is 18.0 Å². The van der Waals surface area contributed by atoms with E-state index in [2.05, 4.69) is 10.3 Å². The van der Waals surface area contributed by atoms with E-state index in [0.717, 1.165) is 12.1 Å². The number of aliphatic imine (C=N–C) groups is 1. The van der Waals surface area contributed by atoms with Crippen molar-refractivity contribution < 1.29 is 22.4 Å². The van der Waals surface area contributed by atoms with Crippen molar-refractivity contribution in [3.05, 3.63) is 88.9 Å². The van der Waals surface area contributed by atoms with Crippen LogP contribution in [0.4, 0.5) is 18.9 Å². The summed E-state index contributed by atoms with van der Waals surface area (Å²) in [6.07, 6.45) is -2.98. The van der Waals surface area contributed by atoms with Gasteiger partial charge in [-0.1, -0.05) is 24.3 Å². The smallest absolute Gasteiger partial charge is 0.416 e. The number of para-hydroxylation sites is 1. The van der Waals surface area contributed by atoms with Crippen LogP contribution >= 0.6 is 0 Å². The summed E-state index contributed by atoms with van der Waals surface area (Å²) in [5.74, 6) is -0.480. The van der Waals surface area contributed by atoms with Crippen LogP contribution in [0.3, 0.4) is 0 Å². The lowest BCUT2D eigenvalue weighted by atomic mass is 10.1. The summed E-state index contributed by atoms with van der Waals surface area (Å²) < 4.78 is 43.1. The summed E-state index contributed by atoms with van der Waals surface area (Å²) in [4.78, 5) is 16.1. The summed E-state index contributed by atoms with van der Waals surface area (Å²) in [5.41, 5.74) is 7.71. The number of nitrogens with zero attached hydrogens (tertiary/aromatic N) is 1. The van der Waals surface area contributed by atoms with E-state index >= 15 is 0 Å². The molecule has 3 rings (SSSR count). The molecule has 0 aliphatic carbocycles. The number of amidine groups is 1. The average molecular weight is 401 g/mol. The van der Waals surface area contributed by atoms with Crippen molar-refractivity contribution in [2.45, 2.75) is 19.6 Å². The van der Waals surface area contributed by atoms with E-state index in [-0.39, 0.29) is 18.1 Å². The molecular formula is C21H18F3N3O2. The lowest BCUT2D eigenvalue weighted by Gasteiger charge is -2.12. The molecule has 0 spiro atoms. The molecule has 0 aliphatic rings. The third-order valence-corrected chi connectivity index (χ3v) is 4.25. The van der Waals surface area contributed by atoms with E-state index in [1.807, 2.05) is 0 Å². The normalized spacial score (nSPS) is 12.1. The highest BCUT2D eigenvalue weighted by Crippen LogP contribution is 2.29. The van der Waals surface area contributed by atoms with E-state index in [0.29, 0.717) is 22.4 Å². The van der Waals surface area contributed by atoms with Gasteiger partial charge in [-0.15, -0.1) is 0 Å². The van der Waals surface area contributed by atoms with Crippen molar-refractivity contribution >= 4 is 17.4 Å². The van der Waals surface area contributed by atoms with Crippen LogP contribution in [0.2, 0.25) is 0 Å². The topological polar surface area (TPSA) is 80.6 Å². The first kappa shape index (κ1) is 20.2. The van der Waals surface area contributed by atoms with E-state index in [4.69, 9.17) is 10.2 Å². The lowest BCUT2D eigenvalue weighted by Crippen LogP contribution is -2.18. The molecule has 0 fully saturated rings. The number of aryl methyl sites for hydroxylation is 1. The maximum atomic E-state index is 12.7. The van der Waals surface area contributed by atoms with Crippen molar-refractivity contribution in [1.82, 2.24) is 0 Å². The quantitative estimate of drug-likeness (QED) is 0.477. The van der Waals surface area contributed by atoms with Crippen molar-refractivity contribution in [1.29, 1.82) is 0 Å². The van der Waals surface area contributed by atoms with Crippen LogP contribution < -0.4 is 11.1 Å². The van der Waals surface area contributed by atoms with Crippen LogP contribution in [-0.2, 0) is 12.7 Å². The molecule has 0 atom stereocenters. The predicted molar refractivity (Wildman–Crippen MR) is 104 cm³/mol. The number of hydrogen-bond donors (Lipinski definition) is 2. The lowest BCUT2D eigenvalue weighted by molar-refractivity contribution is -0.137. The first-order valence-electron chi connectivity index (χ1n) is 8.67. The van der Waals surface area contributed by atoms with Crippen molar-refractivity contribution in [2.75, 3.05) is 5.32 Å². The van der Waals surface area contributed by atoms with Gasteiger partial charge in [0.2, 0.25) is 0 Å². The number of carbonyl (C=O) groups is 1. The first-order chi connectivity index (χ1) is 13.8. The Morgan fingerprint density at radius 2 is 1.79 bits per heavy atom. The van der Waals surface area contributed by atoms with Crippen molar-refractivity contribution in [3.8, 4) is 0 Å².